The first kappa shape index (κ1) is 8.93. The quantitative estimate of drug-likeness (QED) is 0.706. The molecule has 66 valence electrons. The molecule has 1 unspecified atom stereocenters. The van der Waals surface area contributed by atoms with E-state index in [0.29, 0.717) is 0 Å². The SMILES string of the molecule is OC(F)(CF)Oc1ccccc1. The van der Waals surface area contributed by atoms with Gasteiger partial charge in [0.05, 0.1) is 0 Å². The topological polar surface area (TPSA) is 29.5 Å². The van der Waals surface area contributed by atoms with Crippen LogP contribution in [0.25, 0.3) is 0 Å². The molecule has 0 amide bonds. The van der Waals surface area contributed by atoms with Crippen molar-refractivity contribution in [2.24, 2.45) is 0 Å². The number of halogens is 2. The number of aliphatic hydroxyl groups is 1. The third-order valence-electron chi connectivity index (χ3n) is 1.18. The standard InChI is InChI=1S/C8H8F2O2/c9-6-8(10,11)12-7-4-2-1-3-5-7/h1-5,11H,6H2. The number of hydrogen-bond acceptors (Lipinski definition) is 2. The predicted octanol–water partition coefficient (Wildman–Crippen LogP) is 1.65. The van der Waals surface area contributed by atoms with Crippen LogP contribution in [0.4, 0.5) is 8.78 Å². The van der Waals surface area contributed by atoms with E-state index in [4.69, 9.17) is 5.11 Å². The number of benzene rings is 1. The van der Waals surface area contributed by atoms with Crippen LogP contribution >= 0.6 is 0 Å². The second kappa shape index (κ2) is 3.49. The molecular weight excluding hydrogens is 166 g/mol. The van der Waals surface area contributed by atoms with Gasteiger partial charge in [-0.25, -0.2) is 4.39 Å². The lowest BCUT2D eigenvalue weighted by atomic mass is 10.3. The highest BCUT2D eigenvalue weighted by molar-refractivity contribution is 5.21. The van der Waals surface area contributed by atoms with Crippen LogP contribution in [-0.2, 0) is 0 Å². The minimum absolute atomic E-state index is 0.0835. The van der Waals surface area contributed by atoms with Gasteiger partial charge in [-0.2, -0.15) is 4.39 Å². The molecular formula is C8H8F2O2. The van der Waals surface area contributed by atoms with Crippen molar-refractivity contribution in [2.75, 3.05) is 6.67 Å². The largest absolute Gasteiger partial charge is 0.434 e. The molecule has 1 aromatic rings. The van der Waals surface area contributed by atoms with Gasteiger partial charge in [-0.3, -0.25) is 0 Å². The Balaban J connectivity index is 2.64. The monoisotopic (exact) mass is 174 g/mol. The summed E-state index contributed by atoms with van der Waals surface area (Å²) in [6, 6.07) is 4.48. The molecule has 0 saturated carbocycles. The first-order chi connectivity index (χ1) is 5.64. The van der Waals surface area contributed by atoms with E-state index in [2.05, 4.69) is 4.74 Å². The average molecular weight is 174 g/mol. The fraction of sp³-hybridized carbons (Fsp3) is 0.250. The first-order valence-electron chi connectivity index (χ1n) is 3.35. The van der Waals surface area contributed by atoms with Crippen LogP contribution < -0.4 is 4.74 Å². The molecule has 1 rings (SSSR count). The van der Waals surface area contributed by atoms with Crippen LogP contribution in [0.2, 0.25) is 0 Å². The number of hydrogen-bond donors (Lipinski definition) is 1. The Hall–Kier alpha value is -1.16. The van der Waals surface area contributed by atoms with Gasteiger partial charge in [0.1, 0.15) is 5.75 Å². The van der Waals surface area contributed by atoms with E-state index in [1.54, 1.807) is 18.2 Å². The van der Waals surface area contributed by atoms with Gasteiger partial charge < -0.3 is 9.84 Å². The molecule has 0 aromatic heterocycles. The Morgan fingerprint density at radius 1 is 1.33 bits per heavy atom. The molecule has 1 atom stereocenters. The van der Waals surface area contributed by atoms with Crippen molar-refractivity contribution in [3.63, 3.8) is 0 Å². The molecule has 0 radical (unpaired) electrons. The molecule has 0 heterocycles. The average Bonchev–Trinajstić information content (AvgIpc) is 2.06. The molecule has 2 nitrogen and oxygen atoms in total. The minimum atomic E-state index is -3.22. The molecule has 0 bridgehead atoms. The number of para-hydroxylation sites is 1. The lowest BCUT2D eigenvalue weighted by Crippen LogP contribution is -2.32. The zero-order valence-electron chi connectivity index (χ0n) is 6.21. The minimum Gasteiger partial charge on any atom is -0.434 e. The maximum atomic E-state index is 12.5. The molecule has 0 aliphatic carbocycles. The fourth-order valence-corrected chi connectivity index (χ4v) is 0.696. The van der Waals surface area contributed by atoms with Crippen molar-refractivity contribution in [3.8, 4) is 5.75 Å². The van der Waals surface area contributed by atoms with Gasteiger partial charge in [0, 0.05) is 0 Å². The summed E-state index contributed by atoms with van der Waals surface area (Å²) in [5, 5.41) is 8.51. The predicted molar refractivity (Wildman–Crippen MR) is 39.1 cm³/mol. The van der Waals surface area contributed by atoms with Gasteiger partial charge in [0.25, 0.3) is 0 Å². The molecule has 0 aliphatic heterocycles. The number of alkyl halides is 2. The maximum absolute atomic E-state index is 12.5. The molecule has 0 aliphatic rings. The van der Waals surface area contributed by atoms with Crippen LogP contribution in [-0.4, -0.2) is 17.8 Å². The zero-order chi connectivity index (χ0) is 9.03. The van der Waals surface area contributed by atoms with Crippen molar-refractivity contribution in [3.05, 3.63) is 30.3 Å². The highest BCUT2D eigenvalue weighted by Crippen LogP contribution is 2.17. The normalized spacial score (nSPS) is 15.2. The Morgan fingerprint density at radius 2 is 1.92 bits per heavy atom. The van der Waals surface area contributed by atoms with Crippen LogP contribution in [0.3, 0.4) is 0 Å². The van der Waals surface area contributed by atoms with Crippen molar-refractivity contribution in [1.29, 1.82) is 0 Å². The van der Waals surface area contributed by atoms with Crippen LogP contribution in [0, 0.1) is 0 Å². The van der Waals surface area contributed by atoms with E-state index >= 15 is 0 Å². The molecule has 0 fully saturated rings. The van der Waals surface area contributed by atoms with Gasteiger partial charge in [-0.15, -0.1) is 0 Å². The second-order valence-corrected chi connectivity index (χ2v) is 2.24. The van der Waals surface area contributed by atoms with E-state index in [0.717, 1.165) is 0 Å². The summed E-state index contributed by atoms with van der Waals surface area (Å²) in [4.78, 5) is 0. The van der Waals surface area contributed by atoms with E-state index in [1.807, 2.05) is 0 Å². The number of rotatable bonds is 3. The van der Waals surface area contributed by atoms with E-state index in [-0.39, 0.29) is 5.75 Å². The molecule has 0 saturated heterocycles. The Bertz CT molecular complexity index is 236. The fourth-order valence-electron chi connectivity index (χ4n) is 0.696. The summed E-state index contributed by atoms with van der Waals surface area (Å²) >= 11 is 0. The Kier molecular flexibility index (Phi) is 2.60. The van der Waals surface area contributed by atoms with Crippen LogP contribution in [0.1, 0.15) is 0 Å². The van der Waals surface area contributed by atoms with Gasteiger partial charge in [-0.05, 0) is 12.1 Å². The third-order valence-corrected chi connectivity index (χ3v) is 1.18. The van der Waals surface area contributed by atoms with Crippen molar-refractivity contribution < 1.29 is 18.6 Å². The van der Waals surface area contributed by atoms with E-state index in [9.17, 15) is 8.78 Å². The van der Waals surface area contributed by atoms with Gasteiger partial charge in [-0.1, -0.05) is 18.2 Å². The van der Waals surface area contributed by atoms with Crippen molar-refractivity contribution >= 4 is 0 Å². The lowest BCUT2D eigenvalue weighted by molar-refractivity contribution is -0.245. The molecule has 0 spiro atoms. The summed E-state index contributed by atoms with van der Waals surface area (Å²) in [5.41, 5.74) is 0. The van der Waals surface area contributed by atoms with Gasteiger partial charge in [0.2, 0.25) is 0 Å². The molecule has 12 heavy (non-hydrogen) atoms. The summed E-state index contributed by atoms with van der Waals surface area (Å²) in [6.07, 6.45) is 0. The smallest absolute Gasteiger partial charge is 0.390 e. The zero-order valence-corrected chi connectivity index (χ0v) is 6.21. The van der Waals surface area contributed by atoms with Crippen molar-refractivity contribution in [1.82, 2.24) is 0 Å². The van der Waals surface area contributed by atoms with Gasteiger partial charge in [0.15, 0.2) is 6.67 Å². The summed E-state index contributed by atoms with van der Waals surface area (Å²) in [5.74, 6) is 0.0835. The van der Waals surface area contributed by atoms with Gasteiger partial charge >= 0.3 is 6.04 Å². The van der Waals surface area contributed by atoms with E-state index in [1.165, 1.54) is 12.1 Å². The Morgan fingerprint density at radius 3 is 2.42 bits per heavy atom. The Labute approximate surface area is 68.4 Å². The molecule has 1 N–H and O–H groups in total. The third kappa shape index (κ3) is 2.47. The second-order valence-electron chi connectivity index (χ2n) is 2.24. The summed E-state index contributed by atoms with van der Waals surface area (Å²) in [7, 11) is 0. The summed E-state index contributed by atoms with van der Waals surface area (Å²) < 4.78 is 28.4. The highest BCUT2D eigenvalue weighted by atomic mass is 19.2. The highest BCUT2D eigenvalue weighted by Gasteiger charge is 2.28. The van der Waals surface area contributed by atoms with Crippen LogP contribution in [0.15, 0.2) is 30.3 Å². The van der Waals surface area contributed by atoms with E-state index < -0.39 is 12.7 Å². The van der Waals surface area contributed by atoms with Crippen LogP contribution in [0.5, 0.6) is 5.75 Å². The number of ether oxygens (including phenoxy) is 1. The maximum Gasteiger partial charge on any atom is 0.390 e. The summed E-state index contributed by atoms with van der Waals surface area (Å²) in [6.45, 7) is -1.60. The first-order valence-corrected chi connectivity index (χ1v) is 3.35. The molecule has 1 aromatic carbocycles. The lowest BCUT2D eigenvalue weighted by Gasteiger charge is -2.16. The van der Waals surface area contributed by atoms with Crippen molar-refractivity contribution in [2.45, 2.75) is 6.04 Å². The molecule has 4 heteroatoms.